The molecule has 0 aromatic heterocycles. The first kappa shape index (κ1) is 19.7. The third-order valence-corrected chi connectivity index (χ3v) is 7.62. The van der Waals surface area contributed by atoms with Crippen LogP contribution in [0.4, 0.5) is 0 Å². The number of carbonyl (C=O) groups excluding carboxylic acids is 2. The van der Waals surface area contributed by atoms with E-state index in [1.54, 1.807) is 24.3 Å². The Morgan fingerprint density at radius 3 is 2.04 bits per heavy atom. The number of hydrogen-bond acceptors (Lipinski definition) is 8. The molecule has 0 unspecified atom stereocenters. The van der Waals surface area contributed by atoms with Crippen LogP contribution < -0.4 is 0 Å². The van der Waals surface area contributed by atoms with E-state index in [2.05, 4.69) is 0 Å². The molecule has 0 bridgehead atoms. The van der Waals surface area contributed by atoms with Crippen LogP contribution in [-0.4, -0.2) is 84.2 Å². The number of carbonyl (C=O) groups is 2. The van der Waals surface area contributed by atoms with Gasteiger partial charge in [0.1, 0.15) is 18.3 Å². The summed E-state index contributed by atoms with van der Waals surface area (Å²) in [5.74, 6) is 0.574. The van der Waals surface area contributed by atoms with Crippen molar-refractivity contribution in [1.82, 2.24) is 4.90 Å². The minimum absolute atomic E-state index is 0.262. The molecule has 142 valence electrons. The molecule has 0 aliphatic carbocycles. The largest absolute Gasteiger partial charge is 0.394 e. The first-order valence-electron chi connectivity index (χ1n) is 8.32. The van der Waals surface area contributed by atoms with E-state index < -0.39 is 42.8 Å². The quantitative estimate of drug-likeness (QED) is 0.491. The van der Waals surface area contributed by atoms with E-state index in [0.29, 0.717) is 0 Å². The lowest BCUT2D eigenvalue weighted by molar-refractivity contribution is -0.0931. The molecule has 4 atom stereocenters. The van der Waals surface area contributed by atoms with E-state index in [1.807, 2.05) is 0 Å². The highest BCUT2D eigenvalue weighted by Crippen LogP contribution is 2.39. The molecular weight excluding hydrogens is 378 g/mol. The predicted octanol–water partition coefficient (Wildman–Crippen LogP) is -0.0776. The zero-order chi connectivity index (χ0) is 18.8. The van der Waals surface area contributed by atoms with Gasteiger partial charge in [0.15, 0.2) is 0 Å². The molecule has 1 aromatic carbocycles. The zero-order valence-corrected chi connectivity index (χ0v) is 15.5. The van der Waals surface area contributed by atoms with Gasteiger partial charge in [0.25, 0.3) is 11.8 Å². The summed E-state index contributed by atoms with van der Waals surface area (Å²) < 4.78 is -0.332. The fourth-order valence-electron chi connectivity index (χ4n) is 3.15. The summed E-state index contributed by atoms with van der Waals surface area (Å²) in [5.41, 5.74) is 0.524. The first-order valence-corrected chi connectivity index (χ1v) is 10.4. The van der Waals surface area contributed by atoms with Crippen LogP contribution >= 0.6 is 23.5 Å². The Morgan fingerprint density at radius 2 is 1.54 bits per heavy atom. The Morgan fingerprint density at radius 1 is 1.00 bits per heavy atom. The fourth-order valence-corrected chi connectivity index (χ4v) is 6.35. The van der Waals surface area contributed by atoms with E-state index in [4.69, 9.17) is 5.11 Å². The van der Waals surface area contributed by atoms with E-state index in [0.717, 1.165) is 22.8 Å². The van der Waals surface area contributed by atoms with E-state index >= 15 is 0 Å². The molecule has 2 amide bonds. The lowest BCUT2D eigenvalue weighted by Crippen LogP contribution is -2.58. The topological polar surface area (TPSA) is 118 Å². The van der Waals surface area contributed by atoms with Gasteiger partial charge in [0.2, 0.25) is 0 Å². The summed E-state index contributed by atoms with van der Waals surface area (Å²) in [5, 5.41) is 39.7. The average Bonchev–Trinajstić information content (AvgIpc) is 2.93. The molecule has 1 aromatic rings. The molecule has 1 fully saturated rings. The SMILES string of the molecule is O=C1c2ccccc2C(=O)N1[C@@H](C1SCCCS1)[C@@H](O)[C@H](O)[C@H](O)CO. The highest BCUT2D eigenvalue weighted by Gasteiger charge is 2.48. The molecule has 26 heavy (non-hydrogen) atoms. The van der Waals surface area contributed by atoms with Crippen molar-refractivity contribution in [2.24, 2.45) is 0 Å². The molecule has 1 saturated heterocycles. The van der Waals surface area contributed by atoms with Crippen LogP contribution in [0.15, 0.2) is 24.3 Å². The summed E-state index contributed by atoms with van der Waals surface area (Å²) >= 11 is 3.02. The number of imide groups is 1. The van der Waals surface area contributed by atoms with Gasteiger partial charge in [-0.05, 0) is 30.1 Å². The number of amides is 2. The summed E-state index contributed by atoms with van der Waals surface area (Å²) in [6, 6.07) is 5.41. The van der Waals surface area contributed by atoms with Gasteiger partial charge < -0.3 is 20.4 Å². The van der Waals surface area contributed by atoms with Crippen molar-refractivity contribution in [3.8, 4) is 0 Å². The first-order chi connectivity index (χ1) is 12.5. The van der Waals surface area contributed by atoms with Crippen LogP contribution in [0.3, 0.4) is 0 Å². The van der Waals surface area contributed by atoms with Gasteiger partial charge >= 0.3 is 0 Å². The second-order valence-corrected chi connectivity index (χ2v) is 9.01. The second-order valence-electron chi connectivity index (χ2n) is 6.21. The number of rotatable bonds is 6. The predicted molar refractivity (Wildman–Crippen MR) is 99.2 cm³/mol. The third-order valence-electron chi connectivity index (χ3n) is 4.54. The maximum absolute atomic E-state index is 12.8. The number of aliphatic hydroxyl groups excluding tert-OH is 4. The van der Waals surface area contributed by atoms with Crippen molar-refractivity contribution in [2.75, 3.05) is 18.1 Å². The van der Waals surface area contributed by atoms with Gasteiger partial charge in [0, 0.05) is 0 Å². The molecule has 0 saturated carbocycles. The Bertz CT molecular complexity index is 646. The lowest BCUT2D eigenvalue weighted by Gasteiger charge is -2.39. The molecule has 0 spiro atoms. The van der Waals surface area contributed by atoms with Gasteiger partial charge in [-0.25, -0.2) is 0 Å². The van der Waals surface area contributed by atoms with Crippen molar-refractivity contribution < 1.29 is 30.0 Å². The molecule has 7 nitrogen and oxygen atoms in total. The summed E-state index contributed by atoms with van der Waals surface area (Å²) in [6.45, 7) is -0.738. The maximum atomic E-state index is 12.8. The minimum Gasteiger partial charge on any atom is -0.394 e. The summed E-state index contributed by atoms with van der Waals surface area (Å²) in [7, 11) is 0. The van der Waals surface area contributed by atoms with E-state index in [1.165, 1.54) is 23.5 Å². The van der Waals surface area contributed by atoms with Gasteiger partial charge in [-0.1, -0.05) is 12.1 Å². The fraction of sp³-hybridized carbons (Fsp3) is 0.529. The molecule has 4 N–H and O–H groups in total. The van der Waals surface area contributed by atoms with Crippen molar-refractivity contribution >= 4 is 35.3 Å². The molecule has 2 aliphatic rings. The lowest BCUT2D eigenvalue weighted by atomic mass is 10.0. The van der Waals surface area contributed by atoms with Crippen molar-refractivity contribution in [2.45, 2.75) is 35.4 Å². The number of benzene rings is 1. The Kier molecular flexibility index (Phi) is 6.26. The van der Waals surface area contributed by atoms with Gasteiger partial charge in [-0.15, -0.1) is 23.5 Å². The molecule has 3 rings (SSSR count). The maximum Gasteiger partial charge on any atom is 0.261 e. The normalized spacial score (nSPS) is 22.8. The minimum atomic E-state index is -1.68. The van der Waals surface area contributed by atoms with Crippen molar-refractivity contribution in [3.05, 3.63) is 35.4 Å². The Labute approximate surface area is 159 Å². The zero-order valence-electron chi connectivity index (χ0n) is 13.9. The van der Waals surface area contributed by atoms with Crippen LogP contribution in [0, 0.1) is 0 Å². The number of fused-ring (bicyclic) bond motifs is 1. The van der Waals surface area contributed by atoms with Crippen molar-refractivity contribution in [3.63, 3.8) is 0 Å². The van der Waals surface area contributed by atoms with Crippen LogP contribution in [0.25, 0.3) is 0 Å². The number of thioether (sulfide) groups is 2. The Hall–Kier alpha value is -1.10. The average molecular weight is 399 g/mol. The third kappa shape index (κ3) is 3.51. The standard InChI is InChI=1S/C17H21NO6S2/c19-8-11(20)13(21)14(22)12(17-25-6-3-7-26-17)18-15(23)9-4-1-2-5-10(9)16(18)24/h1-2,4-5,11-14,17,19-22H,3,6-8H2/t11-,12-,13-,14-/m1/s1. The smallest absolute Gasteiger partial charge is 0.261 e. The van der Waals surface area contributed by atoms with Crippen LogP contribution in [0.5, 0.6) is 0 Å². The summed E-state index contributed by atoms with van der Waals surface area (Å²) in [6.07, 6.45) is -3.86. The van der Waals surface area contributed by atoms with E-state index in [9.17, 15) is 24.9 Å². The highest BCUT2D eigenvalue weighted by atomic mass is 32.2. The molecule has 2 heterocycles. The van der Waals surface area contributed by atoms with E-state index in [-0.39, 0.29) is 15.7 Å². The van der Waals surface area contributed by atoms with Crippen LogP contribution in [0.2, 0.25) is 0 Å². The van der Waals surface area contributed by atoms with Gasteiger partial charge in [-0.2, -0.15) is 0 Å². The van der Waals surface area contributed by atoms with Crippen LogP contribution in [0.1, 0.15) is 27.1 Å². The monoisotopic (exact) mass is 399 g/mol. The number of nitrogens with zero attached hydrogens (tertiary/aromatic N) is 1. The summed E-state index contributed by atoms with van der Waals surface area (Å²) in [4.78, 5) is 26.7. The Balaban J connectivity index is 1.96. The van der Waals surface area contributed by atoms with Gasteiger partial charge in [-0.3, -0.25) is 14.5 Å². The van der Waals surface area contributed by atoms with Crippen LogP contribution in [-0.2, 0) is 0 Å². The van der Waals surface area contributed by atoms with Gasteiger partial charge in [0.05, 0.1) is 28.4 Å². The highest BCUT2D eigenvalue weighted by molar-refractivity contribution is 8.17. The number of hydrogen-bond donors (Lipinski definition) is 4. The van der Waals surface area contributed by atoms with Crippen molar-refractivity contribution in [1.29, 1.82) is 0 Å². The molecule has 0 radical (unpaired) electrons. The second kappa shape index (κ2) is 8.28. The molecule has 9 heteroatoms. The molecule has 2 aliphatic heterocycles. The number of aliphatic hydroxyl groups is 4. The molecular formula is C17H21NO6S2.